The first-order valence-electron chi connectivity index (χ1n) is 11.9. The van der Waals surface area contributed by atoms with Crippen LogP contribution in [0.4, 0.5) is 0 Å². The number of carbonyl (C=O) groups excluding carboxylic acids is 1. The molecule has 2 aliphatic rings. The van der Waals surface area contributed by atoms with E-state index in [1.165, 1.54) is 0 Å². The van der Waals surface area contributed by atoms with E-state index in [4.69, 9.17) is 14.6 Å². The Morgan fingerprint density at radius 2 is 1.86 bits per heavy atom. The molecule has 1 amide bonds. The summed E-state index contributed by atoms with van der Waals surface area (Å²) in [7, 11) is 0. The van der Waals surface area contributed by atoms with E-state index in [1.807, 2.05) is 59.5 Å². The molecule has 7 nitrogen and oxygen atoms in total. The number of fused-ring (bicyclic) bond motifs is 2. The van der Waals surface area contributed by atoms with Gasteiger partial charge in [0.2, 0.25) is 0 Å². The number of aryl methyl sites for hydroxylation is 1. The molecular formula is C28H28N4O3. The van der Waals surface area contributed by atoms with E-state index in [0.29, 0.717) is 18.8 Å². The van der Waals surface area contributed by atoms with Gasteiger partial charge >= 0.3 is 0 Å². The Morgan fingerprint density at radius 1 is 1.06 bits per heavy atom. The summed E-state index contributed by atoms with van der Waals surface area (Å²) in [4.78, 5) is 14.9. The smallest absolute Gasteiger partial charge is 0.261 e. The molecule has 0 N–H and O–H groups in total. The van der Waals surface area contributed by atoms with Crippen LogP contribution in [0.5, 0.6) is 11.5 Å². The maximum Gasteiger partial charge on any atom is 0.261 e. The van der Waals surface area contributed by atoms with E-state index < -0.39 is 0 Å². The van der Waals surface area contributed by atoms with Gasteiger partial charge in [0.1, 0.15) is 11.4 Å². The highest BCUT2D eigenvalue weighted by atomic mass is 16.5. The van der Waals surface area contributed by atoms with Gasteiger partial charge in [0.25, 0.3) is 5.91 Å². The Morgan fingerprint density at radius 3 is 2.66 bits per heavy atom. The molecule has 2 aliphatic heterocycles. The lowest BCUT2D eigenvalue weighted by Crippen LogP contribution is -2.31. The lowest BCUT2D eigenvalue weighted by atomic mass is 10.0. The summed E-state index contributed by atoms with van der Waals surface area (Å²) in [5, 5.41) is 4.93. The van der Waals surface area contributed by atoms with Crippen LogP contribution in [0, 0.1) is 6.92 Å². The minimum atomic E-state index is -0.263. The Labute approximate surface area is 204 Å². The summed E-state index contributed by atoms with van der Waals surface area (Å²) in [5.41, 5.74) is 5.00. The number of benzene rings is 2. The van der Waals surface area contributed by atoms with Gasteiger partial charge in [-0.15, -0.1) is 0 Å². The number of hydrogen-bond donors (Lipinski definition) is 0. The summed E-state index contributed by atoms with van der Waals surface area (Å²) in [6.07, 6.45) is 4.85. The van der Waals surface area contributed by atoms with Crippen LogP contribution in [0.3, 0.4) is 0 Å². The van der Waals surface area contributed by atoms with Crippen molar-refractivity contribution in [3.63, 3.8) is 0 Å². The van der Waals surface area contributed by atoms with E-state index in [1.54, 1.807) is 4.90 Å². The zero-order chi connectivity index (χ0) is 24.2. The summed E-state index contributed by atoms with van der Waals surface area (Å²) in [6.45, 7) is 7.11. The number of amides is 1. The van der Waals surface area contributed by atoms with Crippen LogP contribution in [0.25, 0.3) is 11.5 Å². The van der Waals surface area contributed by atoms with Crippen molar-refractivity contribution in [1.29, 1.82) is 0 Å². The number of carbonyl (C=O) groups is 1. The number of hydrogen-bond acceptors (Lipinski definition) is 4. The first kappa shape index (κ1) is 21.5. The van der Waals surface area contributed by atoms with Gasteiger partial charge in [0.05, 0.1) is 24.5 Å². The predicted molar refractivity (Wildman–Crippen MR) is 132 cm³/mol. The Hall–Kier alpha value is -4.00. The molecule has 0 aliphatic carbocycles. The zero-order valence-corrected chi connectivity index (χ0v) is 20.2. The fourth-order valence-corrected chi connectivity index (χ4v) is 5.02. The third-order valence-corrected chi connectivity index (χ3v) is 6.68. The minimum Gasteiger partial charge on any atom is -0.483 e. The normalized spacial score (nSPS) is 15.6. The molecular weight excluding hydrogens is 440 g/mol. The Bertz CT molecular complexity index is 1420. The van der Waals surface area contributed by atoms with Crippen LogP contribution in [-0.4, -0.2) is 37.4 Å². The molecule has 0 atom stereocenters. The molecule has 6 rings (SSSR count). The molecule has 35 heavy (non-hydrogen) atoms. The van der Waals surface area contributed by atoms with Crippen molar-refractivity contribution in [1.82, 2.24) is 19.2 Å². The van der Waals surface area contributed by atoms with Gasteiger partial charge in [-0.2, -0.15) is 5.10 Å². The molecule has 0 fully saturated rings. The van der Waals surface area contributed by atoms with Crippen molar-refractivity contribution in [3.8, 4) is 23.0 Å². The van der Waals surface area contributed by atoms with Crippen LogP contribution >= 0.6 is 0 Å². The molecule has 2 aromatic heterocycles. The van der Waals surface area contributed by atoms with Crippen molar-refractivity contribution in [3.05, 3.63) is 89.4 Å². The number of aromatic nitrogens is 3. The van der Waals surface area contributed by atoms with Crippen LogP contribution in [-0.2, 0) is 24.3 Å². The molecule has 0 bridgehead atoms. The molecule has 178 valence electrons. The largest absolute Gasteiger partial charge is 0.483 e. The maximum atomic E-state index is 13.1. The van der Waals surface area contributed by atoms with Gasteiger partial charge in [-0.1, -0.05) is 30.3 Å². The van der Waals surface area contributed by atoms with Crippen molar-refractivity contribution in [2.24, 2.45) is 0 Å². The molecule has 4 aromatic rings. The molecule has 0 saturated carbocycles. The molecule has 0 radical (unpaired) electrons. The molecule has 7 heteroatoms. The van der Waals surface area contributed by atoms with Gasteiger partial charge in [-0.05, 0) is 50.6 Å². The third-order valence-electron chi connectivity index (χ3n) is 6.68. The summed E-state index contributed by atoms with van der Waals surface area (Å²) >= 11 is 0. The highest BCUT2D eigenvalue weighted by molar-refractivity contribution is 5.79. The van der Waals surface area contributed by atoms with Crippen LogP contribution < -0.4 is 9.47 Å². The number of nitrogens with zero attached hydrogens (tertiary/aromatic N) is 4. The Kier molecular flexibility index (Phi) is 4.95. The highest BCUT2D eigenvalue weighted by Crippen LogP contribution is 2.41. The van der Waals surface area contributed by atoms with Crippen molar-refractivity contribution in [2.75, 3.05) is 6.61 Å². The summed E-state index contributed by atoms with van der Waals surface area (Å²) < 4.78 is 16.1. The number of rotatable bonds is 5. The quantitative estimate of drug-likeness (QED) is 0.429. The fourth-order valence-electron chi connectivity index (χ4n) is 5.02. The molecule has 4 heterocycles. The first-order valence-corrected chi connectivity index (χ1v) is 11.9. The van der Waals surface area contributed by atoms with E-state index in [9.17, 15) is 4.79 Å². The molecule has 2 aromatic carbocycles. The lowest BCUT2D eigenvalue weighted by Gasteiger charge is -2.20. The van der Waals surface area contributed by atoms with Gasteiger partial charge in [-0.3, -0.25) is 4.79 Å². The fraction of sp³-hybridized carbons (Fsp3) is 0.286. The summed E-state index contributed by atoms with van der Waals surface area (Å²) in [6, 6.07) is 18.1. The van der Waals surface area contributed by atoms with E-state index in [-0.39, 0.29) is 18.1 Å². The van der Waals surface area contributed by atoms with Crippen LogP contribution in [0.1, 0.15) is 36.2 Å². The van der Waals surface area contributed by atoms with E-state index in [2.05, 4.69) is 37.5 Å². The maximum absolute atomic E-state index is 13.1. The van der Waals surface area contributed by atoms with Crippen molar-refractivity contribution >= 4 is 5.91 Å². The zero-order valence-electron chi connectivity index (χ0n) is 20.2. The highest BCUT2D eigenvalue weighted by Gasteiger charge is 2.34. The molecule has 0 saturated heterocycles. The lowest BCUT2D eigenvalue weighted by molar-refractivity contribution is -0.134. The SMILES string of the molecule is Cc1ccccc1-n1nc2c(c1-n1cccc1)CN(C(=O)COc1cccc3c1OC(C)(C)C3)C2. The summed E-state index contributed by atoms with van der Waals surface area (Å²) in [5.74, 6) is 2.27. The second kappa shape index (κ2) is 8.05. The first-order chi connectivity index (χ1) is 16.9. The van der Waals surface area contributed by atoms with Gasteiger partial charge in [0, 0.05) is 29.9 Å². The average molecular weight is 469 g/mol. The standard InChI is InChI=1S/C28H28N4O3/c1-19-9-4-5-11-23(19)32-27(30-13-6-7-14-30)21-16-31(17-22(21)29-32)25(33)18-34-24-12-8-10-20-15-28(2,3)35-26(20)24/h4-14H,15-18H2,1-3H3. The monoisotopic (exact) mass is 468 g/mol. The van der Waals surface area contributed by atoms with E-state index in [0.717, 1.165) is 46.1 Å². The molecule has 0 spiro atoms. The van der Waals surface area contributed by atoms with Crippen molar-refractivity contribution in [2.45, 2.75) is 45.9 Å². The van der Waals surface area contributed by atoms with Gasteiger partial charge < -0.3 is 18.9 Å². The minimum absolute atomic E-state index is 0.0405. The average Bonchev–Trinajstić information content (AvgIpc) is 3.59. The predicted octanol–water partition coefficient (Wildman–Crippen LogP) is 4.61. The topological polar surface area (TPSA) is 61.5 Å². The Balaban J connectivity index is 1.23. The number of ether oxygens (including phenoxy) is 2. The van der Waals surface area contributed by atoms with Crippen molar-refractivity contribution < 1.29 is 14.3 Å². The third kappa shape index (κ3) is 3.77. The molecule has 0 unspecified atom stereocenters. The van der Waals surface area contributed by atoms with E-state index >= 15 is 0 Å². The number of para-hydroxylation sites is 2. The van der Waals surface area contributed by atoms with Gasteiger partial charge in [0.15, 0.2) is 18.1 Å². The van der Waals surface area contributed by atoms with Crippen LogP contribution in [0.15, 0.2) is 67.0 Å². The van der Waals surface area contributed by atoms with Gasteiger partial charge in [-0.25, -0.2) is 4.68 Å². The second-order valence-electron chi connectivity index (χ2n) is 9.86. The second-order valence-corrected chi connectivity index (χ2v) is 9.86. The van der Waals surface area contributed by atoms with Crippen LogP contribution in [0.2, 0.25) is 0 Å².